The van der Waals surface area contributed by atoms with E-state index in [1.807, 2.05) is 0 Å². The standard InChI is InChI=1S/C26H38N2O7/c1-20(2)10-6-4-5-7-11-24(29)27-17-21-12-13-22(23(16-21)32-3)35-26(31)34-19-33-18-25(30)28-14-8-9-15-28/h6,10,12-13,16,20H,4-5,7-9,11,14-15,17-19H2,1-3H3,(H,27,29)/b10-6+. The second kappa shape index (κ2) is 15.8. The molecule has 1 saturated heterocycles. The van der Waals surface area contributed by atoms with Crippen LogP contribution in [0, 0.1) is 5.92 Å². The molecule has 9 nitrogen and oxygen atoms in total. The molecule has 0 bridgehead atoms. The summed E-state index contributed by atoms with van der Waals surface area (Å²) in [5.41, 5.74) is 0.805. The minimum absolute atomic E-state index is 0.0103. The van der Waals surface area contributed by atoms with Crippen molar-refractivity contribution in [3.05, 3.63) is 35.9 Å². The third-order valence-electron chi connectivity index (χ3n) is 5.40. The van der Waals surface area contributed by atoms with E-state index in [9.17, 15) is 14.4 Å². The molecule has 194 valence electrons. The minimum atomic E-state index is -0.971. The fourth-order valence-corrected chi connectivity index (χ4v) is 3.51. The van der Waals surface area contributed by atoms with E-state index in [1.54, 1.807) is 23.1 Å². The third-order valence-corrected chi connectivity index (χ3v) is 5.40. The summed E-state index contributed by atoms with van der Waals surface area (Å²) in [6.45, 7) is 5.56. The van der Waals surface area contributed by atoms with Crippen molar-refractivity contribution in [1.82, 2.24) is 10.2 Å². The van der Waals surface area contributed by atoms with Crippen molar-refractivity contribution in [2.75, 3.05) is 33.6 Å². The summed E-state index contributed by atoms with van der Waals surface area (Å²) < 4.78 is 20.4. The Morgan fingerprint density at radius 3 is 2.60 bits per heavy atom. The SMILES string of the molecule is COc1cc(CNC(=O)CCCC/C=C/C(C)C)ccc1OC(=O)OCOCC(=O)N1CCCC1. The van der Waals surface area contributed by atoms with Crippen molar-refractivity contribution in [1.29, 1.82) is 0 Å². The molecule has 1 aromatic rings. The van der Waals surface area contributed by atoms with Gasteiger partial charge in [0.2, 0.25) is 11.8 Å². The number of amides is 2. The number of carbonyl (C=O) groups is 3. The summed E-state index contributed by atoms with van der Waals surface area (Å²) in [5.74, 6) is 0.922. The normalized spacial score (nSPS) is 13.3. The number of likely N-dealkylation sites (tertiary alicyclic amines) is 1. The maximum atomic E-state index is 12.1. The molecule has 1 aliphatic rings. The highest BCUT2D eigenvalue weighted by Gasteiger charge is 2.18. The van der Waals surface area contributed by atoms with Gasteiger partial charge in [-0.1, -0.05) is 32.1 Å². The first-order valence-electron chi connectivity index (χ1n) is 12.2. The van der Waals surface area contributed by atoms with E-state index in [-0.39, 0.29) is 24.2 Å². The van der Waals surface area contributed by atoms with Gasteiger partial charge in [0.15, 0.2) is 18.3 Å². The molecule has 2 rings (SSSR count). The van der Waals surface area contributed by atoms with Crippen molar-refractivity contribution in [3.63, 3.8) is 0 Å². The smallest absolute Gasteiger partial charge is 0.493 e. The maximum Gasteiger partial charge on any atom is 0.516 e. The summed E-state index contributed by atoms with van der Waals surface area (Å²) in [5, 5.41) is 2.89. The highest BCUT2D eigenvalue weighted by atomic mass is 16.8. The number of rotatable bonds is 14. The molecule has 0 aromatic heterocycles. The summed E-state index contributed by atoms with van der Waals surface area (Å²) in [6, 6.07) is 4.98. The molecule has 0 atom stereocenters. The zero-order valence-corrected chi connectivity index (χ0v) is 21.0. The van der Waals surface area contributed by atoms with Crippen LogP contribution in [0.2, 0.25) is 0 Å². The van der Waals surface area contributed by atoms with Gasteiger partial charge in [-0.2, -0.15) is 0 Å². The van der Waals surface area contributed by atoms with Gasteiger partial charge in [0.05, 0.1) is 7.11 Å². The summed E-state index contributed by atoms with van der Waals surface area (Å²) >= 11 is 0. The molecule has 0 saturated carbocycles. The lowest BCUT2D eigenvalue weighted by Gasteiger charge is -2.15. The molecule has 9 heteroatoms. The molecular formula is C26H38N2O7. The molecule has 1 heterocycles. The number of hydrogen-bond acceptors (Lipinski definition) is 7. The van der Waals surface area contributed by atoms with Crippen molar-refractivity contribution in [3.8, 4) is 11.5 Å². The minimum Gasteiger partial charge on any atom is -0.493 e. The van der Waals surface area contributed by atoms with E-state index >= 15 is 0 Å². The zero-order valence-electron chi connectivity index (χ0n) is 21.0. The summed E-state index contributed by atoms with van der Waals surface area (Å²) in [7, 11) is 1.46. The van der Waals surface area contributed by atoms with E-state index in [2.05, 4.69) is 31.3 Å². The Kier molecular flexibility index (Phi) is 12.7. The number of allylic oxidation sites excluding steroid dienone is 2. The summed E-state index contributed by atoms with van der Waals surface area (Å²) in [6.07, 6.45) is 8.64. The maximum absolute atomic E-state index is 12.1. The number of benzene rings is 1. The second-order valence-electron chi connectivity index (χ2n) is 8.73. The van der Waals surface area contributed by atoms with Gasteiger partial charge in [-0.3, -0.25) is 9.59 Å². The fraction of sp³-hybridized carbons (Fsp3) is 0.577. The van der Waals surface area contributed by atoms with Gasteiger partial charge in [-0.15, -0.1) is 0 Å². The fourth-order valence-electron chi connectivity index (χ4n) is 3.51. The number of nitrogens with zero attached hydrogens (tertiary/aromatic N) is 1. The van der Waals surface area contributed by atoms with Gasteiger partial charge >= 0.3 is 6.16 Å². The van der Waals surface area contributed by atoms with Gasteiger partial charge < -0.3 is 29.2 Å². The van der Waals surface area contributed by atoms with Crippen LogP contribution < -0.4 is 14.8 Å². The predicted octanol–water partition coefficient (Wildman–Crippen LogP) is 4.20. The first-order valence-corrected chi connectivity index (χ1v) is 12.2. The van der Waals surface area contributed by atoms with Crippen LogP contribution in [0.3, 0.4) is 0 Å². The van der Waals surface area contributed by atoms with Crippen molar-refractivity contribution in [2.45, 2.75) is 58.9 Å². The molecule has 1 N–H and O–H groups in total. The number of ether oxygens (including phenoxy) is 4. The molecule has 0 aliphatic carbocycles. The van der Waals surface area contributed by atoms with Gasteiger partial charge in [-0.05, 0) is 55.7 Å². The highest BCUT2D eigenvalue weighted by molar-refractivity contribution is 5.77. The van der Waals surface area contributed by atoms with E-state index in [4.69, 9.17) is 18.9 Å². The number of carbonyl (C=O) groups excluding carboxylic acids is 3. The lowest BCUT2D eigenvalue weighted by molar-refractivity contribution is -0.139. The number of unbranched alkanes of at least 4 members (excludes halogenated alkanes) is 2. The quantitative estimate of drug-likeness (QED) is 0.137. The third kappa shape index (κ3) is 11.3. The zero-order chi connectivity index (χ0) is 25.5. The average molecular weight is 491 g/mol. The first-order chi connectivity index (χ1) is 16.9. The molecule has 2 amide bonds. The van der Waals surface area contributed by atoms with Gasteiger partial charge in [0.1, 0.15) is 6.61 Å². The van der Waals surface area contributed by atoms with Crippen molar-refractivity contribution in [2.24, 2.45) is 5.92 Å². The van der Waals surface area contributed by atoms with Crippen LogP contribution in [0.1, 0.15) is 57.9 Å². The predicted molar refractivity (Wildman–Crippen MR) is 131 cm³/mol. The lowest BCUT2D eigenvalue weighted by Crippen LogP contribution is -2.31. The van der Waals surface area contributed by atoms with E-state index in [0.29, 0.717) is 24.6 Å². The van der Waals surface area contributed by atoms with Crippen LogP contribution in [-0.2, 0) is 25.6 Å². The second-order valence-corrected chi connectivity index (χ2v) is 8.73. The van der Waals surface area contributed by atoms with E-state index in [0.717, 1.165) is 50.8 Å². The summed E-state index contributed by atoms with van der Waals surface area (Å²) in [4.78, 5) is 37.6. The van der Waals surface area contributed by atoms with Gasteiger partial charge in [0, 0.05) is 26.1 Å². The van der Waals surface area contributed by atoms with Crippen LogP contribution >= 0.6 is 0 Å². The molecule has 0 unspecified atom stereocenters. The molecule has 0 radical (unpaired) electrons. The van der Waals surface area contributed by atoms with E-state index < -0.39 is 12.9 Å². The van der Waals surface area contributed by atoms with Crippen LogP contribution in [0.5, 0.6) is 11.5 Å². The van der Waals surface area contributed by atoms with Gasteiger partial charge in [-0.25, -0.2) is 4.79 Å². The lowest BCUT2D eigenvalue weighted by atomic mass is 10.1. The van der Waals surface area contributed by atoms with Crippen LogP contribution in [0.15, 0.2) is 30.4 Å². The highest BCUT2D eigenvalue weighted by Crippen LogP contribution is 2.28. The Hall–Kier alpha value is -3.07. The van der Waals surface area contributed by atoms with Crippen LogP contribution in [-0.4, -0.2) is 56.5 Å². The average Bonchev–Trinajstić information content (AvgIpc) is 3.38. The molecule has 35 heavy (non-hydrogen) atoms. The topological polar surface area (TPSA) is 103 Å². The van der Waals surface area contributed by atoms with Gasteiger partial charge in [0.25, 0.3) is 0 Å². The molecule has 0 spiro atoms. The Balaban J connectivity index is 1.67. The monoisotopic (exact) mass is 490 g/mol. The van der Waals surface area contributed by atoms with Crippen molar-refractivity contribution < 1.29 is 33.3 Å². The number of hydrogen-bond donors (Lipinski definition) is 1. The van der Waals surface area contributed by atoms with Crippen molar-refractivity contribution >= 4 is 18.0 Å². The first kappa shape index (κ1) is 28.2. The largest absolute Gasteiger partial charge is 0.516 e. The van der Waals surface area contributed by atoms with E-state index in [1.165, 1.54) is 7.11 Å². The Bertz CT molecular complexity index is 848. The molecule has 1 aliphatic heterocycles. The Morgan fingerprint density at radius 2 is 1.89 bits per heavy atom. The molecule has 1 aromatic carbocycles. The molecular weight excluding hydrogens is 452 g/mol. The molecule has 1 fully saturated rings. The Morgan fingerprint density at radius 1 is 1.11 bits per heavy atom. The number of nitrogens with one attached hydrogen (secondary N) is 1. The van der Waals surface area contributed by atoms with Crippen LogP contribution in [0.4, 0.5) is 4.79 Å². The number of methoxy groups -OCH3 is 1. The van der Waals surface area contributed by atoms with Crippen LogP contribution in [0.25, 0.3) is 0 Å². The Labute approximate surface area is 207 Å².